The summed E-state index contributed by atoms with van der Waals surface area (Å²) in [6, 6.07) is 14.2. The van der Waals surface area contributed by atoms with Crippen LogP contribution in [0, 0.1) is 6.92 Å². The van der Waals surface area contributed by atoms with Gasteiger partial charge in [0, 0.05) is 44.1 Å². The second kappa shape index (κ2) is 10.1. The van der Waals surface area contributed by atoms with E-state index in [0.717, 1.165) is 38.2 Å². The molecule has 0 aliphatic carbocycles. The predicted molar refractivity (Wildman–Crippen MR) is 152 cm³/mol. The van der Waals surface area contributed by atoms with Crippen LogP contribution in [0.2, 0.25) is 0 Å². The number of nitrogens with zero attached hydrogens (tertiary/aromatic N) is 5. The maximum absolute atomic E-state index is 13.8. The van der Waals surface area contributed by atoms with Gasteiger partial charge in [0.1, 0.15) is 15.8 Å². The lowest BCUT2D eigenvalue weighted by molar-refractivity contribution is -0.123. The van der Waals surface area contributed by atoms with Crippen molar-refractivity contribution in [2.24, 2.45) is 0 Å². The fourth-order valence-corrected chi connectivity index (χ4v) is 6.05. The standard InChI is InChI=1S/C27H29N5O2S2/c1-4-19(3)32-26(34)22(36-27(32)35)16-21-24(28-23-11-10-18(2)17-31(23)25(21)33)30-14-12-29(13-15-30)20-8-6-5-7-9-20/h5-11,16-17,19H,4,12-15H2,1-3H3. The van der Waals surface area contributed by atoms with E-state index >= 15 is 0 Å². The van der Waals surface area contributed by atoms with Gasteiger partial charge in [0.15, 0.2) is 0 Å². The zero-order chi connectivity index (χ0) is 25.4. The number of benzene rings is 1. The van der Waals surface area contributed by atoms with E-state index in [4.69, 9.17) is 17.2 Å². The molecule has 3 aromatic rings. The second-order valence-corrected chi connectivity index (χ2v) is 10.9. The molecule has 0 radical (unpaired) electrons. The number of anilines is 2. The Kier molecular flexibility index (Phi) is 6.85. The van der Waals surface area contributed by atoms with E-state index in [-0.39, 0.29) is 17.5 Å². The number of carbonyl (C=O) groups is 1. The van der Waals surface area contributed by atoms with Crippen molar-refractivity contribution in [1.29, 1.82) is 0 Å². The molecule has 2 aliphatic rings. The van der Waals surface area contributed by atoms with Crippen molar-refractivity contribution in [3.8, 4) is 0 Å². The van der Waals surface area contributed by atoms with Crippen LogP contribution in [-0.2, 0) is 4.79 Å². The summed E-state index contributed by atoms with van der Waals surface area (Å²) in [6.07, 6.45) is 4.30. The number of aromatic nitrogens is 2. The number of carbonyl (C=O) groups excluding carboxylic acids is 1. The van der Waals surface area contributed by atoms with Crippen molar-refractivity contribution >= 4 is 57.4 Å². The van der Waals surface area contributed by atoms with Crippen molar-refractivity contribution in [3.05, 3.63) is 75.0 Å². The molecule has 4 heterocycles. The van der Waals surface area contributed by atoms with Crippen LogP contribution in [0.15, 0.2) is 58.4 Å². The summed E-state index contributed by atoms with van der Waals surface area (Å²) < 4.78 is 2.10. The van der Waals surface area contributed by atoms with E-state index in [9.17, 15) is 9.59 Å². The normalized spacial score (nSPS) is 18.5. The van der Waals surface area contributed by atoms with Gasteiger partial charge < -0.3 is 9.80 Å². The second-order valence-electron chi connectivity index (χ2n) is 9.21. The number of pyridine rings is 1. The van der Waals surface area contributed by atoms with Gasteiger partial charge in [-0.2, -0.15) is 0 Å². The minimum Gasteiger partial charge on any atom is -0.368 e. The Balaban J connectivity index is 1.55. The van der Waals surface area contributed by atoms with Gasteiger partial charge >= 0.3 is 0 Å². The number of hydrogen-bond donors (Lipinski definition) is 0. The predicted octanol–water partition coefficient (Wildman–Crippen LogP) is 4.33. The van der Waals surface area contributed by atoms with Gasteiger partial charge in [-0.15, -0.1) is 0 Å². The lowest BCUT2D eigenvalue weighted by Crippen LogP contribution is -2.47. The molecule has 2 aromatic heterocycles. The Morgan fingerprint density at radius 2 is 1.75 bits per heavy atom. The van der Waals surface area contributed by atoms with E-state index in [1.165, 1.54) is 17.4 Å². The maximum atomic E-state index is 13.8. The van der Waals surface area contributed by atoms with Crippen LogP contribution in [0.1, 0.15) is 31.4 Å². The number of amides is 1. The van der Waals surface area contributed by atoms with Crippen LogP contribution < -0.4 is 15.4 Å². The van der Waals surface area contributed by atoms with Crippen LogP contribution >= 0.6 is 24.0 Å². The zero-order valence-corrected chi connectivity index (χ0v) is 22.3. The number of hydrogen-bond acceptors (Lipinski definition) is 7. The highest BCUT2D eigenvalue weighted by Crippen LogP contribution is 2.35. The van der Waals surface area contributed by atoms with Gasteiger partial charge in [-0.25, -0.2) is 4.98 Å². The van der Waals surface area contributed by atoms with Crippen molar-refractivity contribution in [2.45, 2.75) is 33.2 Å². The minimum absolute atomic E-state index is 0.00686. The number of thioether (sulfide) groups is 1. The summed E-state index contributed by atoms with van der Waals surface area (Å²) in [5.74, 6) is 0.471. The first-order valence-electron chi connectivity index (χ1n) is 12.2. The van der Waals surface area contributed by atoms with Crippen LogP contribution in [0.25, 0.3) is 11.7 Å². The van der Waals surface area contributed by atoms with Crippen LogP contribution in [0.3, 0.4) is 0 Å². The Morgan fingerprint density at radius 3 is 2.44 bits per heavy atom. The molecule has 36 heavy (non-hydrogen) atoms. The molecule has 1 atom stereocenters. The smallest absolute Gasteiger partial charge is 0.267 e. The van der Waals surface area contributed by atoms with Crippen LogP contribution in [0.4, 0.5) is 11.5 Å². The molecule has 0 bridgehead atoms. The molecule has 1 unspecified atom stereocenters. The van der Waals surface area contributed by atoms with Gasteiger partial charge in [0.25, 0.3) is 11.5 Å². The third-order valence-corrected chi connectivity index (χ3v) is 8.15. The van der Waals surface area contributed by atoms with Crippen molar-refractivity contribution in [2.75, 3.05) is 36.0 Å². The number of aryl methyl sites for hydroxylation is 1. The molecule has 0 saturated carbocycles. The Morgan fingerprint density at radius 1 is 1.06 bits per heavy atom. The Bertz CT molecular complexity index is 1410. The number of thiocarbonyl (C=S) groups is 1. The van der Waals surface area contributed by atoms with Crippen LogP contribution in [-0.4, -0.2) is 56.7 Å². The lowest BCUT2D eigenvalue weighted by Gasteiger charge is -2.37. The molecule has 1 amide bonds. The molecule has 5 rings (SSSR count). The molecule has 2 aliphatic heterocycles. The molecule has 0 spiro atoms. The van der Waals surface area contributed by atoms with Crippen molar-refractivity contribution in [1.82, 2.24) is 14.3 Å². The third kappa shape index (κ3) is 4.53. The molecular weight excluding hydrogens is 490 g/mol. The average molecular weight is 520 g/mol. The van der Waals surface area contributed by atoms with Gasteiger partial charge in [0.2, 0.25) is 0 Å². The summed E-state index contributed by atoms with van der Waals surface area (Å²) in [7, 11) is 0. The quantitative estimate of drug-likeness (QED) is 0.367. The zero-order valence-electron chi connectivity index (χ0n) is 20.7. The van der Waals surface area contributed by atoms with Crippen molar-refractivity contribution in [3.63, 3.8) is 0 Å². The molecule has 0 N–H and O–H groups in total. The fraction of sp³-hybridized carbons (Fsp3) is 0.333. The maximum Gasteiger partial charge on any atom is 0.267 e. The molecule has 9 heteroatoms. The van der Waals surface area contributed by atoms with E-state index in [0.29, 0.717) is 26.3 Å². The van der Waals surface area contributed by atoms with E-state index in [1.807, 2.05) is 51.1 Å². The van der Waals surface area contributed by atoms with Gasteiger partial charge in [-0.3, -0.25) is 18.9 Å². The summed E-state index contributed by atoms with van der Waals surface area (Å²) in [5, 5.41) is 0. The molecule has 2 saturated heterocycles. The monoisotopic (exact) mass is 519 g/mol. The first-order chi connectivity index (χ1) is 17.4. The van der Waals surface area contributed by atoms with Crippen LogP contribution in [0.5, 0.6) is 0 Å². The number of para-hydroxylation sites is 1. The van der Waals surface area contributed by atoms with Gasteiger partial charge in [-0.1, -0.05) is 55.2 Å². The molecule has 1 aromatic carbocycles. The third-order valence-electron chi connectivity index (χ3n) is 6.82. The fourth-order valence-electron chi connectivity index (χ4n) is 4.60. The minimum atomic E-state index is -0.182. The van der Waals surface area contributed by atoms with E-state index in [1.54, 1.807) is 21.6 Å². The average Bonchev–Trinajstić information content (AvgIpc) is 3.18. The summed E-state index contributed by atoms with van der Waals surface area (Å²) >= 11 is 6.77. The SMILES string of the molecule is CCC(C)N1C(=O)C(=Cc2c(N3CCN(c4ccccc4)CC3)nc3ccc(C)cn3c2=O)SC1=S. The van der Waals surface area contributed by atoms with Crippen molar-refractivity contribution < 1.29 is 4.79 Å². The molecule has 7 nitrogen and oxygen atoms in total. The Labute approximate surface area is 220 Å². The molecule has 186 valence electrons. The number of rotatable bonds is 5. The number of piperazine rings is 1. The first kappa shape index (κ1) is 24.5. The summed E-state index contributed by atoms with van der Waals surface area (Å²) in [4.78, 5) is 38.5. The topological polar surface area (TPSA) is 61.2 Å². The highest BCUT2D eigenvalue weighted by atomic mass is 32.2. The lowest BCUT2D eigenvalue weighted by atomic mass is 10.2. The molecule has 2 fully saturated rings. The Hall–Kier alpha value is -3.17. The molecular formula is C27H29N5O2S2. The van der Waals surface area contributed by atoms with E-state index < -0.39 is 0 Å². The largest absolute Gasteiger partial charge is 0.368 e. The highest BCUT2D eigenvalue weighted by Gasteiger charge is 2.35. The van der Waals surface area contributed by atoms with Gasteiger partial charge in [0.05, 0.1) is 10.5 Å². The van der Waals surface area contributed by atoms with E-state index in [2.05, 4.69) is 21.9 Å². The summed E-state index contributed by atoms with van der Waals surface area (Å²) in [6.45, 7) is 9.03. The van der Waals surface area contributed by atoms with Gasteiger partial charge in [-0.05, 0) is 50.1 Å². The first-order valence-corrected chi connectivity index (χ1v) is 13.4. The summed E-state index contributed by atoms with van der Waals surface area (Å²) in [5.41, 5.74) is 2.99. The highest BCUT2D eigenvalue weighted by molar-refractivity contribution is 8.26. The number of fused-ring (bicyclic) bond motifs is 1.